The average molecular weight is 408 g/mol. The van der Waals surface area contributed by atoms with E-state index in [9.17, 15) is 9.90 Å². The lowest BCUT2D eigenvalue weighted by molar-refractivity contribution is 0.0479. The molecule has 0 bridgehead atoms. The van der Waals surface area contributed by atoms with Crippen LogP contribution in [-0.4, -0.2) is 37.8 Å². The maximum absolute atomic E-state index is 13.0. The Morgan fingerprint density at radius 2 is 2.00 bits per heavy atom. The van der Waals surface area contributed by atoms with Gasteiger partial charge in [0, 0.05) is 29.5 Å². The maximum Gasteiger partial charge on any atom is 0.254 e. The summed E-state index contributed by atoms with van der Waals surface area (Å²) >= 11 is 6.56. The molecule has 2 heterocycles. The van der Waals surface area contributed by atoms with E-state index in [0.29, 0.717) is 18.0 Å². The number of carbonyl (C=O) groups excluding carboxylic acids is 1. The van der Waals surface area contributed by atoms with Crippen LogP contribution in [0, 0.1) is 0 Å². The number of aromatic nitrogens is 2. The fourth-order valence-corrected chi connectivity index (χ4v) is 4.75. The van der Waals surface area contributed by atoms with Crippen molar-refractivity contribution in [3.8, 4) is 5.69 Å². The Morgan fingerprint density at radius 3 is 2.69 bits per heavy atom. The summed E-state index contributed by atoms with van der Waals surface area (Å²) in [6.07, 6.45) is 6.50. The molecule has 2 atom stereocenters. The highest BCUT2D eigenvalue weighted by atomic mass is 35.5. The number of hydrogen-bond acceptors (Lipinski definition) is 3. The van der Waals surface area contributed by atoms with E-state index in [-0.39, 0.29) is 11.9 Å². The van der Waals surface area contributed by atoms with Gasteiger partial charge in [-0.2, -0.15) is 5.10 Å². The molecule has 148 valence electrons. The fourth-order valence-electron chi connectivity index (χ4n) is 4.50. The molecule has 0 saturated heterocycles. The molecule has 1 aliphatic carbocycles. The summed E-state index contributed by atoms with van der Waals surface area (Å²) < 4.78 is 1.82. The number of rotatable bonds is 4. The molecule has 6 heteroatoms. The van der Waals surface area contributed by atoms with Crippen molar-refractivity contribution in [3.05, 3.63) is 82.1 Å². The molecule has 5 nitrogen and oxygen atoms in total. The van der Waals surface area contributed by atoms with Gasteiger partial charge in [0.25, 0.3) is 5.91 Å². The molecule has 2 aromatic carbocycles. The number of hydrogen-bond donors (Lipinski definition) is 1. The van der Waals surface area contributed by atoms with Gasteiger partial charge in [0.1, 0.15) is 0 Å². The number of aliphatic hydroxyl groups excluding tert-OH is 1. The number of benzene rings is 2. The first-order valence-corrected chi connectivity index (χ1v) is 10.4. The summed E-state index contributed by atoms with van der Waals surface area (Å²) in [7, 11) is 0. The van der Waals surface area contributed by atoms with Gasteiger partial charge in [-0.25, -0.2) is 4.68 Å². The van der Waals surface area contributed by atoms with E-state index in [0.717, 1.165) is 47.2 Å². The Labute approximate surface area is 174 Å². The van der Waals surface area contributed by atoms with Crippen LogP contribution in [0.2, 0.25) is 5.02 Å². The third-order valence-electron chi connectivity index (χ3n) is 6.05. The molecule has 3 aromatic rings. The first-order valence-electron chi connectivity index (χ1n) is 9.99. The molecule has 1 amide bonds. The summed E-state index contributed by atoms with van der Waals surface area (Å²) in [4.78, 5) is 14.8. The van der Waals surface area contributed by atoms with Crippen LogP contribution in [0.1, 0.15) is 46.3 Å². The number of aliphatic hydroxyl groups is 1. The van der Waals surface area contributed by atoms with Crippen molar-refractivity contribution in [2.75, 3.05) is 0 Å². The monoisotopic (exact) mass is 407 g/mol. The van der Waals surface area contributed by atoms with Crippen LogP contribution in [0.25, 0.3) is 5.69 Å². The van der Waals surface area contributed by atoms with Gasteiger partial charge in [-0.3, -0.25) is 4.79 Å². The predicted octanol–water partition coefficient (Wildman–Crippen LogP) is 3.99. The van der Waals surface area contributed by atoms with Gasteiger partial charge in [0.05, 0.1) is 17.8 Å². The molecule has 2 unspecified atom stereocenters. The third-order valence-corrected chi connectivity index (χ3v) is 6.40. The minimum atomic E-state index is -0.420. The quantitative estimate of drug-likeness (QED) is 0.711. The summed E-state index contributed by atoms with van der Waals surface area (Å²) in [6.45, 7) is 0.536. The van der Waals surface area contributed by atoms with Crippen LogP contribution in [0.4, 0.5) is 0 Å². The first kappa shape index (κ1) is 18.4. The van der Waals surface area contributed by atoms with Crippen molar-refractivity contribution >= 4 is 17.5 Å². The molecule has 5 rings (SSSR count). The maximum atomic E-state index is 13.0. The Kier molecular flexibility index (Phi) is 4.64. The number of amides is 1. The van der Waals surface area contributed by atoms with E-state index in [1.165, 1.54) is 0 Å². The van der Waals surface area contributed by atoms with Crippen LogP contribution >= 0.6 is 11.6 Å². The van der Waals surface area contributed by atoms with Crippen molar-refractivity contribution in [3.63, 3.8) is 0 Å². The van der Waals surface area contributed by atoms with Gasteiger partial charge in [0.15, 0.2) is 0 Å². The molecular formula is C23H22ClN3O2. The normalized spacial score (nSPS) is 21.0. The van der Waals surface area contributed by atoms with Gasteiger partial charge in [-0.05, 0) is 72.7 Å². The number of nitrogens with zero attached hydrogens (tertiary/aromatic N) is 3. The molecule has 29 heavy (non-hydrogen) atoms. The van der Waals surface area contributed by atoms with Gasteiger partial charge in [-0.1, -0.05) is 23.7 Å². The van der Waals surface area contributed by atoms with Crippen LogP contribution in [0.5, 0.6) is 0 Å². The second-order valence-corrected chi connectivity index (χ2v) is 8.30. The van der Waals surface area contributed by atoms with Gasteiger partial charge < -0.3 is 10.0 Å². The Morgan fingerprint density at radius 1 is 1.17 bits per heavy atom. The van der Waals surface area contributed by atoms with E-state index in [2.05, 4.69) is 17.2 Å². The molecule has 2 aliphatic rings. The van der Waals surface area contributed by atoms with Crippen molar-refractivity contribution < 1.29 is 9.90 Å². The largest absolute Gasteiger partial charge is 0.391 e. The number of halogens is 1. The standard InChI is InChI=1S/C23H22ClN3O2/c24-20-13-17-14-26(21-3-1-4-22(21)28)23(29)19(17)12-16(20)11-15-5-7-18(8-6-15)27-10-2-9-25-27/h2,5-10,12-13,21-22,28H,1,3-4,11,14H2. The van der Waals surface area contributed by atoms with Crippen molar-refractivity contribution in [2.24, 2.45) is 0 Å². The highest BCUT2D eigenvalue weighted by Crippen LogP contribution is 2.35. The van der Waals surface area contributed by atoms with E-state index in [1.807, 2.05) is 46.1 Å². The van der Waals surface area contributed by atoms with E-state index >= 15 is 0 Å². The zero-order valence-corrected chi connectivity index (χ0v) is 16.7. The van der Waals surface area contributed by atoms with Gasteiger partial charge in [-0.15, -0.1) is 0 Å². The first-order chi connectivity index (χ1) is 14.1. The number of fused-ring (bicyclic) bond motifs is 1. The number of carbonyl (C=O) groups is 1. The van der Waals surface area contributed by atoms with E-state index < -0.39 is 6.10 Å². The topological polar surface area (TPSA) is 58.4 Å². The van der Waals surface area contributed by atoms with Crippen molar-refractivity contribution in [2.45, 2.75) is 44.4 Å². The zero-order valence-electron chi connectivity index (χ0n) is 16.0. The van der Waals surface area contributed by atoms with Crippen molar-refractivity contribution in [1.82, 2.24) is 14.7 Å². The smallest absolute Gasteiger partial charge is 0.254 e. The molecule has 1 aliphatic heterocycles. The summed E-state index contributed by atoms with van der Waals surface area (Å²) in [6, 6.07) is 13.8. The van der Waals surface area contributed by atoms with E-state index in [4.69, 9.17) is 11.6 Å². The van der Waals surface area contributed by atoms with Gasteiger partial charge >= 0.3 is 0 Å². The minimum absolute atomic E-state index is 0.0119. The molecular weight excluding hydrogens is 386 g/mol. The second kappa shape index (κ2) is 7.32. The zero-order chi connectivity index (χ0) is 20.0. The fraction of sp³-hybridized carbons (Fsp3) is 0.304. The highest BCUT2D eigenvalue weighted by molar-refractivity contribution is 6.31. The Bertz CT molecular complexity index is 1050. The molecule has 1 fully saturated rings. The Balaban J connectivity index is 1.38. The van der Waals surface area contributed by atoms with Crippen LogP contribution in [0.3, 0.4) is 0 Å². The van der Waals surface area contributed by atoms with Crippen molar-refractivity contribution in [1.29, 1.82) is 0 Å². The van der Waals surface area contributed by atoms with Crippen LogP contribution < -0.4 is 0 Å². The molecule has 1 saturated carbocycles. The van der Waals surface area contributed by atoms with E-state index in [1.54, 1.807) is 6.20 Å². The average Bonchev–Trinajstić information content (AvgIpc) is 3.45. The Hall–Kier alpha value is -2.63. The summed E-state index contributed by atoms with van der Waals surface area (Å²) in [5.41, 5.74) is 4.74. The lowest BCUT2D eigenvalue weighted by atomic mass is 10.00. The van der Waals surface area contributed by atoms with Gasteiger partial charge in [0.2, 0.25) is 0 Å². The summed E-state index contributed by atoms with van der Waals surface area (Å²) in [5.74, 6) is 0.0119. The molecule has 1 N–H and O–H groups in total. The molecule has 0 radical (unpaired) electrons. The van der Waals surface area contributed by atoms with Crippen LogP contribution in [-0.2, 0) is 13.0 Å². The molecule has 1 aromatic heterocycles. The third kappa shape index (κ3) is 3.34. The summed E-state index contributed by atoms with van der Waals surface area (Å²) in [5, 5.41) is 15.1. The molecule has 0 spiro atoms. The SMILES string of the molecule is O=C1c2cc(Cc3ccc(-n4cccn4)cc3)c(Cl)cc2CN1C1CCCC1O. The lowest BCUT2D eigenvalue weighted by Gasteiger charge is -2.26. The second-order valence-electron chi connectivity index (χ2n) is 7.89. The highest BCUT2D eigenvalue weighted by Gasteiger charge is 2.38. The lowest BCUT2D eigenvalue weighted by Crippen LogP contribution is -2.40. The predicted molar refractivity (Wildman–Crippen MR) is 111 cm³/mol. The minimum Gasteiger partial charge on any atom is -0.391 e. The van der Waals surface area contributed by atoms with Crippen LogP contribution in [0.15, 0.2) is 54.9 Å².